The third kappa shape index (κ3) is 3.20. The summed E-state index contributed by atoms with van der Waals surface area (Å²) in [5.74, 6) is -2.29. The quantitative estimate of drug-likeness (QED) is 0.480. The molecule has 5 rings (SSSR count). The topological polar surface area (TPSA) is 93.8 Å². The van der Waals surface area contributed by atoms with E-state index in [1.807, 2.05) is 0 Å². The molecule has 2 heterocycles. The van der Waals surface area contributed by atoms with E-state index in [1.165, 1.54) is 15.3 Å². The van der Waals surface area contributed by atoms with Crippen LogP contribution >= 0.6 is 0 Å². The normalized spacial score (nSPS) is 12.7. The monoisotopic (exact) mass is 436 g/mol. The number of hydrazine groups is 1. The van der Waals surface area contributed by atoms with Gasteiger partial charge in [0.15, 0.2) is 17.3 Å². The third-order valence-electron chi connectivity index (χ3n) is 5.56. The van der Waals surface area contributed by atoms with Gasteiger partial charge in [0.2, 0.25) is 5.95 Å². The second kappa shape index (κ2) is 7.56. The second-order valence-corrected chi connectivity index (χ2v) is 7.53. The summed E-state index contributed by atoms with van der Waals surface area (Å²) >= 11 is 0. The predicted octanol–water partition coefficient (Wildman–Crippen LogP) is 2.64. The van der Waals surface area contributed by atoms with E-state index in [1.54, 1.807) is 31.3 Å². The maximum absolute atomic E-state index is 13.7. The Balaban J connectivity index is 1.45. The van der Waals surface area contributed by atoms with Crippen LogP contribution in [0.15, 0.2) is 47.3 Å². The van der Waals surface area contributed by atoms with Gasteiger partial charge in [0.25, 0.3) is 11.5 Å². The van der Waals surface area contributed by atoms with Gasteiger partial charge in [0, 0.05) is 24.4 Å². The number of fused-ring (bicyclic) bond motifs is 2. The minimum atomic E-state index is -0.985. The molecule has 1 aliphatic rings. The van der Waals surface area contributed by atoms with Crippen LogP contribution in [0.5, 0.6) is 0 Å². The molecule has 0 radical (unpaired) electrons. The third-order valence-corrected chi connectivity index (χ3v) is 5.56. The first-order valence-electron chi connectivity index (χ1n) is 10.0. The van der Waals surface area contributed by atoms with Crippen LogP contribution in [-0.4, -0.2) is 25.2 Å². The van der Waals surface area contributed by atoms with Crippen LogP contribution < -0.4 is 16.4 Å². The molecule has 2 N–H and O–H groups in total. The maximum atomic E-state index is 13.7. The number of anilines is 1. The fourth-order valence-electron chi connectivity index (χ4n) is 3.95. The molecule has 0 spiro atoms. The molecule has 0 aliphatic heterocycles. The minimum Gasteiger partial charge on any atom is -0.280 e. The van der Waals surface area contributed by atoms with Crippen molar-refractivity contribution in [2.24, 2.45) is 7.05 Å². The van der Waals surface area contributed by atoms with E-state index in [2.05, 4.69) is 20.9 Å². The molecule has 1 aliphatic carbocycles. The Bertz CT molecular complexity index is 1440. The largest absolute Gasteiger partial charge is 0.290 e. The first-order chi connectivity index (χ1) is 15.4. The number of aromatic nitrogens is 4. The lowest BCUT2D eigenvalue weighted by Crippen LogP contribution is -2.34. The van der Waals surface area contributed by atoms with E-state index in [-0.39, 0.29) is 17.2 Å². The van der Waals surface area contributed by atoms with E-state index in [9.17, 15) is 18.4 Å². The molecule has 8 nitrogen and oxygen atoms in total. The van der Waals surface area contributed by atoms with Gasteiger partial charge in [-0.25, -0.2) is 18.4 Å². The molecule has 2 aromatic carbocycles. The summed E-state index contributed by atoms with van der Waals surface area (Å²) in [7, 11) is 1.55. The van der Waals surface area contributed by atoms with Gasteiger partial charge in [0.1, 0.15) is 0 Å². The van der Waals surface area contributed by atoms with Crippen molar-refractivity contribution >= 4 is 22.8 Å². The molecule has 0 atom stereocenters. The number of carbonyl (C=O) groups excluding carboxylic acids is 1. The van der Waals surface area contributed by atoms with Gasteiger partial charge in [-0.2, -0.15) is 5.10 Å². The van der Waals surface area contributed by atoms with Gasteiger partial charge in [-0.05, 0) is 43.5 Å². The number of benzene rings is 2. The Morgan fingerprint density at radius 1 is 1.09 bits per heavy atom. The standard InChI is InChI=1S/C22H18F2N6O2/c1-29-21(32)13-5-2-3-7-17(13)25-22(29)27-26-20(31)19-14-6-4-8-18(14)30(28-19)12-9-10-15(23)16(24)11-12/h2-3,5,7,9-11H,4,6,8H2,1H3,(H,25,27)(H,26,31). The fourth-order valence-corrected chi connectivity index (χ4v) is 3.95. The fraction of sp³-hybridized carbons (Fsp3) is 0.182. The van der Waals surface area contributed by atoms with Crippen molar-refractivity contribution in [3.05, 3.63) is 81.4 Å². The van der Waals surface area contributed by atoms with Crippen LogP contribution in [0.3, 0.4) is 0 Å². The number of nitrogens with one attached hydrogen (secondary N) is 2. The van der Waals surface area contributed by atoms with Gasteiger partial charge >= 0.3 is 0 Å². The highest BCUT2D eigenvalue weighted by atomic mass is 19.2. The first kappa shape index (κ1) is 19.9. The Labute approximate surface area is 180 Å². The molecule has 0 bridgehead atoms. The summed E-state index contributed by atoms with van der Waals surface area (Å²) in [6.07, 6.45) is 2.14. The van der Waals surface area contributed by atoms with Crippen molar-refractivity contribution in [3.8, 4) is 5.69 Å². The molecule has 2 aromatic heterocycles. The number of nitrogens with zero attached hydrogens (tertiary/aromatic N) is 4. The Kier molecular flexibility index (Phi) is 4.69. The van der Waals surface area contributed by atoms with Crippen molar-refractivity contribution < 1.29 is 13.6 Å². The molecular weight excluding hydrogens is 418 g/mol. The Hall–Kier alpha value is -4.08. The smallest absolute Gasteiger partial charge is 0.280 e. The summed E-state index contributed by atoms with van der Waals surface area (Å²) in [4.78, 5) is 29.8. The van der Waals surface area contributed by atoms with Gasteiger partial charge in [0.05, 0.1) is 16.6 Å². The summed E-state index contributed by atoms with van der Waals surface area (Å²) in [6, 6.07) is 10.4. The molecule has 4 aromatic rings. The number of hydrogen-bond donors (Lipinski definition) is 2. The zero-order valence-corrected chi connectivity index (χ0v) is 17.0. The zero-order chi connectivity index (χ0) is 22.4. The molecule has 0 fully saturated rings. The van der Waals surface area contributed by atoms with Crippen LogP contribution in [0.4, 0.5) is 14.7 Å². The molecule has 0 unspecified atom stereocenters. The van der Waals surface area contributed by atoms with Crippen molar-refractivity contribution in [2.45, 2.75) is 19.3 Å². The lowest BCUT2D eigenvalue weighted by molar-refractivity contribution is 0.0956. The first-order valence-corrected chi connectivity index (χ1v) is 10.0. The van der Waals surface area contributed by atoms with E-state index in [0.717, 1.165) is 29.8 Å². The summed E-state index contributed by atoms with van der Waals surface area (Å²) < 4.78 is 29.8. The van der Waals surface area contributed by atoms with E-state index in [0.29, 0.717) is 29.4 Å². The molecule has 10 heteroatoms. The number of rotatable bonds is 4. The Morgan fingerprint density at radius 2 is 1.91 bits per heavy atom. The zero-order valence-electron chi connectivity index (χ0n) is 17.0. The highest BCUT2D eigenvalue weighted by Crippen LogP contribution is 2.28. The van der Waals surface area contributed by atoms with Crippen molar-refractivity contribution in [2.75, 3.05) is 5.43 Å². The number of hydrogen-bond acceptors (Lipinski definition) is 5. The molecule has 32 heavy (non-hydrogen) atoms. The summed E-state index contributed by atoms with van der Waals surface area (Å²) in [5.41, 5.74) is 7.55. The van der Waals surface area contributed by atoms with E-state index >= 15 is 0 Å². The van der Waals surface area contributed by atoms with Crippen LogP contribution in [0, 0.1) is 11.6 Å². The molecule has 0 saturated heterocycles. The summed E-state index contributed by atoms with van der Waals surface area (Å²) in [6.45, 7) is 0. The van der Waals surface area contributed by atoms with Crippen molar-refractivity contribution in [1.82, 2.24) is 24.8 Å². The number of para-hydroxylation sites is 1. The van der Waals surface area contributed by atoms with Crippen LogP contribution in [0.2, 0.25) is 0 Å². The Morgan fingerprint density at radius 3 is 2.72 bits per heavy atom. The lowest BCUT2D eigenvalue weighted by atomic mass is 10.2. The number of halogens is 2. The summed E-state index contributed by atoms with van der Waals surface area (Å²) in [5, 5.41) is 4.83. The molecule has 0 saturated carbocycles. The highest BCUT2D eigenvalue weighted by molar-refractivity contribution is 5.95. The second-order valence-electron chi connectivity index (χ2n) is 7.53. The predicted molar refractivity (Wildman–Crippen MR) is 114 cm³/mol. The SMILES string of the molecule is Cn1c(NNC(=O)c2nn(-c3ccc(F)c(F)c3)c3c2CCC3)nc2ccccc2c1=O. The molecule has 162 valence electrons. The average Bonchev–Trinajstić information content (AvgIpc) is 3.40. The van der Waals surface area contributed by atoms with Gasteiger partial charge in [-0.3, -0.25) is 25.0 Å². The highest BCUT2D eigenvalue weighted by Gasteiger charge is 2.27. The van der Waals surface area contributed by atoms with Gasteiger partial charge < -0.3 is 0 Å². The average molecular weight is 436 g/mol. The van der Waals surface area contributed by atoms with Gasteiger partial charge in [-0.1, -0.05) is 12.1 Å². The number of amides is 1. The van der Waals surface area contributed by atoms with Crippen molar-refractivity contribution in [1.29, 1.82) is 0 Å². The van der Waals surface area contributed by atoms with E-state index in [4.69, 9.17) is 0 Å². The molecule has 1 amide bonds. The van der Waals surface area contributed by atoms with Crippen molar-refractivity contribution in [3.63, 3.8) is 0 Å². The maximum Gasteiger partial charge on any atom is 0.290 e. The van der Waals surface area contributed by atoms with Crippen LogP contribution in [-0.2, 0) is 19.9 Å². The van der Waals surface area contributed by atoms with Crippen LogP contribution in [0.25, 0.3) is 16.6 Å². The molecular formula is C22H18F2N6O2. The number of carbonyl (C=O) groups is 1. The van der Waals surface area contributed by atoms with E-state index < -0.39 is 17.5 Å². The van der Waals surface area contributed by atoms with Crippen LogP contribution in [0.1, 0.15) is 28.2 Å². The van der Waals surface area contributed by atoms with Gasteiger partial charge in [-0.15, -0.1) is 0 Å². The minimum absolute atomic E-state index is 0.165. The lowest BCUT2D eigenvalue weighted by Gasteiger charge is -2.12.